The van der Waals surface area contributed by atoms with Crippen molar-refractivity contribution in [1.82, 2.24) is 29.7 Å². The number of allylic oxidation sites excluding steroid dienone is 2. The molecule has 8 nitrogen and oxygen atoms in total. The van der Waals surface area contributed by atoms with Crippen molar-refractivity contribution in [3.8, 4) is 5.75 Å². The second-order valence-electron chi connectivity index (χ2n) is 10.8. The fourth-order valence-corrected chi connectivity index (χ4v) is 4.90. The van der Waals surface area contributed by atoms with E-state index < -0.39 is 0 Å². The summed E-state index contributed by atoms with van der Waals surface area (Å²) in [5.74, 6) is 1.92. The minimum atomic E-state index is 0.245. The van der Waals surface area contributed by atoms with Gasteiger partial charge in [0, 0.05) is 50.1 Å². The molecule has 0 spiro atoms. The van der Waals surface area contributed by atoms with Gasteiger partial charge in [0.05, 0.1) is 24.2 Å². The summed E-state index contributed by atoms with van der Waals surface area (Å²) in [6, 6.07) is 2.00. The maximum atomic E-state index is 5.59. The van der Waals surface area contributed by atoms with Crippen molar-refractivity contribution >= 4 is 17.1 Å². The first-order chi connectivity index (χ1) is 16.6. The summed E-state index contributed by atoms with van der Waals surface area (Å²) in [7, 11) is 1.65. The Bertz CT molecular complexity index is 1190. The molecule has 2 aromatic heterocycles. The number of hydrogen-bond donors (Lipinski definition) is 1. The number of rotatable bonds is 6. The van der Waals surface area contributed by atoms with Crippen LogP contribution in [0.15, 0.2) is 53.3 Å². The van der Waals surface area contributed by atoms with Crippen LogP contribution >= 0.6 is 0 Å². The molecule has 35 heavy (non-hydrogen) atoms. The molecule has 0 unspecified atom stereocenters. The Kier molecular flexibility index (Phi) is 7.03. The third-order valence-electron chi connectivity index (χ3n) is 6.39. The Labute approximate surface area is 209 Å². The van der Waals surface area contributed by atoms with E-state index in [1.165, 1.54) is 6.33 Å². The molecule has 0 bridgehead atoms. The van der Waals surface area contributed by atoms with Gasteiger partial charge in [0.15, 0.2) is 11.4 Å². The molecule has 1 N–H and O–H groups in total. The summed E-state index contributed by atoms with van der Waals surface area (Å²) in [4.78, 5) is 14.4. The third-order valence-corrected chi connectivity index (χ3v) is 6.39. The Morgan fingerprint density at radius 2 is 1.97 bits per heavy atom. The van der Waals surface area contributed by atoms with Crippen LogP contribution < -0.4 is 10.1 Å². The molecule has 0 radical (unpaired) electrons. The number of nitrogens with zero attached hydrogens (tertiary/aromatic N) is 6. The molecule has 1 saturated heterocycles. The number of aromatic nitrogens is 3. The van der Waals surface area contributed by atoms with Gasteiger partial charge in [-0.2, -0.15) is 5.10 Å². The molecule has 0 atom stereocenters. The van der Waals surface area contributed by atoms with Gasteiger partial charge in [-0.25, -0.2) is 14.5 Å². The van der Waals surface area contributed by atoms with Crippen LogP contribution in [0.1, 0.15) is 47.1 Å². The van der Waals surface area contributed by atoms with Crippen molar-refractivity contribution in [3.63, 3.8) is 0 Å². The van der Waals surface area contributed by atoms with Crippen LogP contribution in [-0.2, 0) is 0 Å². The molecule has 0 saturated carbocycles. The first-order valence-electron chi connectivity index (χ1n) is 12.4. The average molecular weight is 478 g/mol. The zero-order chi connectivity index (χ0) is 25.3. The monoisotopic (exact) mass is 477 g/mol. The number of nitrogens with one attached hydrogen (secondary N) is 1. The van der Waals surface area contributed by atoms with Crippen molar-refractivity contribution in [2.45, 2.75) is 41.5 Å². The smallest absolute Gasteiger partial charge is 0.197 e. The van der Waals surface area contributed by atoms with Crippen LogP contribution in [0.2, 0.25) is 0 Å². The minimum absolute atomic E-state index is 0.245. The van der Waals surface area contributed by atoms with E-state index >= 15 is 0 Å². The van der Waals surface area contributed by atoms with E-state index in [2.05, 4.69) is 79.4 Å². The molecule has 2 aliphatic heterocycles. The molecule has 0 amide bonds. The second-order valence-corrected chi connectivity index (χ2v) is 10.8. The largest absolute Gasteiger partial charge is 0.493 e. The van der Waals surface area contributed by atoms with Gasteiger partial charge in [0.2, 0.25) is 0 Å². The fraction of sp³-hybridized carbons (Fsp3) is 0.519. The summed E-state index contributed by atoms with van der Waals surface area (Å²) in [6.45, 7) is 22.8. The fourth-order valence-electron chi connectivity index (χ4n) is 4.90. The van der Waals surface area contributed by atoms with Gasteiger partial charge in [-0.05, 0) is 30.4 Å². The molecule has 4 rings (SSSR count). The van der Waals surface area contributed by atoms with Crippen LogP contribution in [0.3, 0.4) is 0 Å². The van der Waals surface area contributed by atoms with Crippen molar-refractivity contribution in [2.75, 3.05) is 39.8 Å². The molecule has 1 fully saturated rings. The summed E-state index contributed by atoms with van der Waals surface area (Å²) >= 11 is 0. The van der Waals surface area contributed by atoms with Crippen molar-refractivity contribution in [1.29, 1.82) is 0 Å². The zero-order valence-corrected chi connectivity index (χ0v) is 22.2. The number of aliphatic imine (C=N–C) groups is 1. The lowest BCUT2D eigenvalue weighted by atomic mass is 9.95. The molecule has 0 aromatic carbocycles. The summed E-state index contributed by atoms with van der Waals surface area (Å²) in [6.07, 6.45) is 5.61. The van der Waals surface area contributed by atoms with Crippen LogP contribution in [0.5, 0.6) is 5.75 Å². The highest BCUT2D eigenvalue weighted by Crippen LogP contribution is 2.34. The third kappa shape index (κ3) is 5.27. The van der Waals surface area contributed by atoms with Gasteiger partial charge in [-0.1, -0.05) is 41.2 Å². The topological polar surface area (TPSA) is 70.3 Å². The average Bonchev–Trinajstić information content (AvgIpc) is 3.40. The molecular weight excluding hydrogens is 438 g/mol. The lowest BCUT2D eigenvalue weighted by Gasteiger charge is -2.38. The molecule has 2 aliphatic rings. The molecule has 8 heteroatoms. The molecule has 2 aromatic rings. The summed E-state index contributed by atoms with van der Waals surface area (Å²) in [5.41, 5.74) is 5.82. The van der Waals surface area contributed by atoms with Gasteiger partial charge in [0.25, 0.3) is 0 Å². The summed E-state index contributed by atoms with van der Waals surface area (Å²) in [5, 5.41) is 7.83. The maximum Gasteiger partial charge on any atom is 0.197 e. The lowest BCUT2D eigenvalue weighted by Crippen LogP contribution is -2.48. The van der Waals surface area contributed by atoms with Crippen LogP contribution in [0.4, 0.5) is 0 Å². The maximum absolute atomic E-state index is 5.59. The highest BCUT2D eigenvalue weighted by Gasteiger charge is 2.30. The van der Waals surface area contributed by atoms with Gasteiger partial charge in [-0.3, -0.25) is 4.90 Å². The van der Waals surface area contributed by atoms with Crippen LogP contribution in [0.25, 0.3) is 11.3 Å². The highest BCUT2D eigenvalue weighted by molar-refractivity contribution is 6.20. The van der Waals surface area contributed by atoms with E-state index in [1.54, 1.807) is 11.6 Å². The lowest BCUT2D eigenvalue weighted by molar-refractivity contribution is 0.120. The van der Waals surface area contributed by atoms with Crippen molar-refractivity contribution in [3.05, 3.63) is 53.9 Å². The van der Waals surface area contributed by atoms with Crippen molar-refractivity contribution < 1.29 is 4.74 Å². The first kappa shape index (κ1) is 25.0. The predicted octanol–water partition coefficient (Wildman–Crippen LogP) is 4.19. The van der Waals surface area contributed by atoms with E-state index in [9.17, 15) is 0 Å². The Balaban J connectivity index is 1.65. The number of ether oxygens (including phenoxy) is 1. The minimum Gasteiger partial charge on any atom is -0.493 e. The van der Waals surface area contributed by atoms with E-state index in [0.717, 1.165) is 66.8 Å². The normalized spacial score (nSPS) is 19.4. The van der Waals surface area contributed by atoms with E-state index in [0.29, 0.717) is 16.8 Å². The highest BCUT2D eigenvalue weighted by atomic mass is 16.5. The molecule has 0 aliphatic carbocycles. The number of fused-ring (bicyclic) bond motifs is 1. The molecule has 4 heterocycles. The number of methoxy groups -OCH3 is 1. The van der Waals surface area contributed by atoms with Gasteiger partial charge in [0.1, 0.15) is 12.1 Å². The van der Waals surface area contributed by atoms with E-state index in [4.69, 9.17) is 9.73 Å². The Hall–Kier alpha value is -3.13. The van der Waals surface area contributed by atoms with Crippen LogP contribution in [-0.4, -0.2) is 69.9 Å². The number of hydrogen-bond acceptors (Lipinski definition) is 7. The molecular formula is C27H39N7O. The van der Waals surface area contributed by atoms with E-state index in [1.807, 2.05) is 12.3 Å². The Morgan fingerprint density at radius 1 is 1.26 bits per heavy atom. The zero-order valence-electron chi connectivity index (χ0n) is 22.2. The van der Waals surface area contributed by atoms with Gasteiger partial charge >= 0.3 is 0 Å². The molecule has 188 valence electrons. The van der Waals surface area contributed by atoms with Crippen LogP contribution in [0, 0.1) is 11.3 Å². The first-order valence-corrected chi connectivity index (χ1v) is 12.4. The SMILES string of the molecule is C=C1NC(c2cc(OC)c3ncnn3c2)=C(C(C)C)C1=N/C(=C\C)N1CCN(CC(C)(C)C)CC1. The van der Waals surface area contributed by atoms with Gasteiger partial charge < -0.3 is 15.0 Å². The Morgan fingerprint density at radius 3 is 2.57 bits per heavy atom. The summed E-state index contributed by atoms with van der Waals surface area (Å²) < 4.78 is 7.33. The standard InChI is InChI=1S/C27H39N7O/c1-9-22(33-12-10-32(11-13-33)16-27(5,6)7)31-24-19(4)30-25(23(24)18(2)3)20-14-21(35-8)26-28-17-29-34(26)15-20/h9,14-15,17-18,30H,4,10-13,16H2,1-3,5-8H3/b22-9+,31-24?. The quantitative estimate of drug-likeness (QED) is 0.673. The van der Waals surface area contributed by atoms with Gasteiger partial charge in [-0.15, -0.1) is 0 Å². The predicted molar refractivity (Wildman–Crippen MR) is 142 cm³/mol. The number of piperazine rings is 1. The second kappa shape index (κ2) is 9.85. The number of pyridine rings is 1. The van der Waals surface area contributed by atoms with E-state index in [-0.39, 0.29) is 5.92 Å². The van der Waals surface area contributed by atoms with Crippen molar-refractivity contribution in [2.24, 2.45) is 16.3 Å².